The van der Waals surface area contributed by atoms with Crippen molar-refractivity contribution in [3.8, 4) is 0 Å². The Morgan fingerprint density at radius 3 is 2.73 bits per heavy atom. The molecule has 0 aliphatic carbocycles. The van der Waals surface area contributed by atoms with Crippen molar-refractivity contribution in [2.24, 2.45) is 0 Å². The molecule has 3 fully saturated rings. The highest BCUT2D eigenvalue weighted by atomic mass is 32.2. The van der Waals surface area contributed by atoms with Gasteiger partial charge in [-0.1, -0.05) is 12.1 Å². The molecule has 3 heteroatoms. The molecule has 0 aromatic heterocycles. The number of nitrogens with zero attached hydrogens (tertiary/aromatic N) is 1. The van der Waals surface area contributed by atoms with Gasteiger partial charge in [-0.3, -0.25) is 4.90 Å². The molecule has 3 aliphatic heterocycles. The third-order valence-electron chi connectivity index (χ3n) is 3.19. The summed E-state index contributed by atoms with van der Waals surface area (Å²) in [7, 11) is 0. The molecule has 2 nitrogen and oxygen atoms in total. The van der Waals surface area contributed by atoms with E-state index in [4.69, 9.17) is 5.73 Å². The van der Waals surface area contributed by atoms with E-state index >= 15 is 0 Å². The number of nitrogen functional groups attached to an aromatic ring is 1. The normalized spacial score (nSPS) is 29.9. The first-order chi connectivity index (χ1) is 7.29. The van der Waals surface area contributed by atoms with Crippen molar-refractivity contribution >= 4 is 17.4 Å². The number of rotatable bonds is 2. The van der Waals surface area contributed by atoms with Crippen LogP contribution in [0.3, 0.4) is 0 Å². The van der Waals surface area contributed by atoms with Crippen LogP contribution in [-0.2, 0) is 6.54 Å². The second kappa shape index (κ2) is 3.72. The predicted octanol–water partition coefficient (Wildman–Crippen LogP) is 1.96. The van der Waals surface area contributed by atoms with Crippen LogP contribution in [0.1, 0.15) is 12.0 Å². The van der Waals surface area contributed by atoms with Crippen LogP contribution in [0.15, 0.2) is 24.3 Å². The Hall–Kier alpha value is -0.670. The molecule has 0 amide bonds. The highest BCUT2D eigenvalue weighted by Crippen LogP contribution is 2.41. The van der Waals surface area contributed by atoms with Gasteiger partial charge in [0.1, 0.15) is 0 Å². The number of hydrogen-bond acceptors (Lipinski definition) is 3. The summed E-state index contributed by atoms with van der Waals surface area (Å²) in [6.07, 6.45) is 1.44. The summed E-state index contributed by atoms with van der Waals surface area (Å²) < 4.78 is 0. The molecule has 3 aliphatic rings. The number of benzene rings is 1. The average molecular weight is 220 g/mol. The van der Waals surface area contributed by atoms with Gasteiger partial charge in [-0.2, -0.15) is 11.8 Å². The van der Waals surface area contributed by atoms with Gasteiger partial charge in [-0.25, -0.2) is 0 Å². The van der Waals surface area contributed by atoms with Crippen molar-refractivity contribution in [1.29, 1.82) is 0 Å². The Morgan fingerprint density at radius 2 is 2.07 bits per heavy atom. The van der Waals surface area contributed by atoms with E-state index < -0.39 is 0 Å². The number of hydrogen-bond donors (Lipinski definition) is 1. The van der Waals surface area contributed by atoms with Gasteiger partial charge in [0.25, 0.3) is 0 Å². The lowest BCUT2D eigenvalue weighted by Crippen LogP contribution is -2.50. The van der Waals surface area contributed by atoms with E-state index in [2.05, 4.69) is 28.8 Å². The van der Waals surface area contributed by atoms with Crippen LogP contribution < -0.4 is 5.73 Å². The summed E-state index contributed by atoms with van der Waals surface area (Å²) in [4.78, 5) is 2.56. The maximum atomic E-state index is 5.78. The number of piperidine rings is 1. The van der Waals surface area contributed by atoms with E-state index in [0.29, 0.717) is 0 Å². The van der Waals surface area contributed by atoms with Crippen molar-refractivity contribution in [2.45, 2.75) is 23.5 Å². The molecule has 15 heavy (non-hydrogen) atoms. The van der Waals surface area contributed by atoms with Crippen molar-refractivity contribution in [2.75, 3.05) is 18.8 Å². The SMILES string of the molecule is Nc1cccc(CN2CC3CC(C2)S3)c1. The maximum absolute atomic E-state index is 5.78. The van der Waals surface area contributed by atoms with Gasteiger partial charge < -0.3 is 5.73 Å². The van der Waals surface area contributed by atoms with Crippen molar-refractivity contribution < 1.29 is 0 Å². The lowest BCUT2D eigenvalue weighted by atomic mass is 10.1. The Kier molecular flexibility index (Phi) is 2.37. The number of nitrogens with two attached hydrogens (primary N) is 1. The molecule has 4 rings (SSSR count). The number of fused-ring (bicyclic) bond motifs is 2. The minimum atomic E-state index is 0.879. The lowest BCUT2D eigenvalue weighted by molar-refractivity contribution is 0.215. The van der Waals surface area contributed by atoms with E-state index in [1.54, 1.807) is 0 Å². The average Bonchev–Trinajstić information content (AvgIpc) is 2.16. The highest BCUT2D eigenvalue weighted by molar-refractivity contribution is 8.02. The van der Waals surface area contributed by atoms with E-state index in [0.717, 1.165) is 22.7 Å². The molecule has 1 aromatic rings. The van der Waals surface area contributed by atoms with Crippen molar-refractivity contribution in [3.05, 3.63) is 29.8 Å². The second-order valence-corrected chi connectivity index (χ2v) is 6.16. The zero-order valence-corrected chi connectivity index (χ0v) is 9.54. The molecule has 2 N–H and O–H groups in total. The minimum absolute atomic E-state index is 0.879. The van der Waals surface area contributed by atoms with Gasteiger partial charge in [0.2, 0.25) is 0 Å². The van der Waals surface area contributed by atoms with E-state index in [1.165, 1.54) is 25.1 Å². The highest BCUT2D eigenvalue weighted by Gasteiger charge is 2.37. The predicted molar refractivity (Wildman–Crippen MR) is 65.9 cm³/mol. The van der Waals surface area contributed by atoms with Crippen LogP contribution in [0.5, 0.6) is 0 Å². The lowest BCUT2D eigenvalue weighted by Gasteiger charge is -2.46. The molecule has 2 unspecified atom stereocenters. The molecule has 1 aromatic carbocycles. The van der Waals surface area contributed by atoms with Gasteiger partial charge in [0, 0.05) is 35.8 Å². The van der Waals surface area contributed by atoms with E-state index in [-0.39, 0.29) is 0 Å². The van der Waals surface area contributed by atoms with Gasteiger partial charge in [-0.15, -0.1) is 0 Å². The first kappa shape index (κ1) is 9.55. The molecule has 3 saturated heterocycles. The maximum Gasteiger partial charge on any atom is 0.0317 e. The van der Waals surface area contributed by atoms with Crippen LogP contribution in [0, 0.1) is 0 Å². The smallest absolute Gasteiger partial charge is 0.0317 e. The van der Waals surface area contributed by atoms with Crippen LogP contribution in [0.2, 0.25) is 0 Å². The number of thioether (sulfide) groups is 1. The first-order valence-corrected chi connectivity index (χ1v) is 6.46. The zero-order valence-electron chi connectivity index (χ0n) is 8.73. The second-order valence-electron chi connectivity index (χ2n) is 4.55. The standard InChI is InChI=1S/C12H16N2S/c13-10-3-1-2-9(4-10)6-14-7-11-5-12(8-14)15-11/h1-4,11-12H,5-8,13H2. The van der Waals surface area contributed by atoms with Crippen LogP contribution in [0.4, 0.5) is 5.69 Å². The molecule has 3 heterocycles. The van der Waals surface area contributed by atoms with E-state index in [1.807, 2.05) is 12.1 Å². The van der Waals surface area contributed by atoms with Gasteiger partial charge in [0.15, 0.2) is 0 Å². The molecule has 2 bridgehead atoms. The monoisotopic (exact) mass is 220 g/mol. The van der Waals surface area contributed by atoms with Crippen molar-refractivity contribution in [3.63, 3.8) is 0 Å². The Morgan fingerprint density at radius 1 is 1.33 bits per heavy atom. The molecule has 0 spiro atoms. The summed E-state index contributed by atoms with van der Waals surface area (Å²) in [5.74, 6) is 0. The van der Waals surface area contributed by atoms with Crippen LogP contribution in [-0.4, -0.2) is 28.5 Å². The topological polar surface area (TPSA) is 29.3 Å². The summed E-state index contributed by atoms with van der Waals surface area (Å²) >= 11 is 2.17. The quantitative estimate of drug-likeness (QED) is 0.773. The minimum Gasteiger partial charge on any atom is -0.399 e. The zero-order chi connectivity index (χ0) is 10.3. The molecule has 2 atom stereocenters. The van der Waals surface area contributed by atoms with Gasteiger partial charge in [-0.05, 0) is 24.1 Å². The molecule has 0 radical (unpaired) electrons. The van der Waals surface area contributed by atoms with Crippen LogP contribution >= 0.6 is 11.8 Å². The van der Waals surface area contributed by atoms with Crippen LogP contribution in [0.25, 0.3) is 0 Å². The summed E-state index contributed by atoms with van der Waals surface area (Å²) in [5, 5.41) is 1.81. The first-order valence-electron chi connectivity index (χ1n) is 5.52. The molecule has 0 saturated carbocycles. The third kappa shape index (κ3) is 1.99. The molecular formula is C12H16N2S. The Labute approximate surface area is 94.8 Å². The van der Waals surface area contributed by atoms with E-state index in [9.17, 15) is 0 Å². The molecular weight excluding hydrogens is 204 g/mol. The fourth-order valence-corrected chi connectivity index (χ4v) is 3.99. The van der Waals surface area contributed by atoms with Crippen molar-refractivity contribution in [1.82, 2.24) is 4.90 Å². The summed E-state index contributed by atoms with van der Waals surface area (Å²) in [6.45, 7) is 3.59. The van der Waals surface area contributed by atoms with Gasteiger partial charge in [0.05, 0.1) is 0 Å². The number of anilines is 1. The Bertz CT molecular complexity index is 350. The third-order valence-corrected chi connectivity index (χ3v) is 4.64. The fourth-order valence-electron chi connectivity index (χ4n) is 2.52. The van der Waals surface area contributed by atoms with Gasteiger partial charge >= 0.3 is 0 Å². The fraction of sp³-hybridized carbons (Fsp3) is 0.500. The summed E-state index contributed by atoms with van der Waals surface area (Å²) in [6, 6.07) is 8.26. The Balaban J connectivity index is 1.65. The summed E-state index contributed by atoms with van der Waals surface area (Å²) in [5.41, 5.74) is 8.00. The molecule has 80 valence electrons. The largest absolute Gasteiger partial charge is 0.399 e.